The Kier molecular flexibility index (Phi) is 2.92. The lowest BCUT2D eigenvalue weighted by atomic mass is 10.1. The zero-order valence-corrected chi connectivity index (χ0v) is 8.25. The zero-order chi connectivity index (χ0) is 12.6. The van der Waals surface area contributed by atoms with E-state index in [0.29, 0.717) is 0 Å². The molecule has 1 unspecified atom stereocenters. The first kappa shape index (κ1) is 12.4. The average molecular weight is 235 g/mol. The van der Waals surface area contributed by atoms with Gasteiger partial charge < -0.3 is 5.11 Å². The number of hydrazone groups is 1. The second-order valence-corrected chi connectivity index (χ2v) is 3.37. The molecule has 1 aliphatic heterocycles. The van der Waals surface area contributed by atoms with E-state index in [-0.39, 0.29) is 10.7 Å². The monoisotopic (exact) mass is 235 g/mol. The topological polar surface area (TPSA) is 76.7 Å². The van der Waals surface area contributed by atoms with E-state index < -0.39 is 30.7 Å². The summed E-state index contributed by atoms with van der Waals surface area (Å²) in [6.07, 6.45) is -6.58. The maximum absolute atomic E-state index is 12.6. The molecule has 1 aliphatic rings. The normalized spacial score (nSPS) is 25.2. The highest BCUT2D eigenvalue weighted by molar-refractivity contribution is 5.89. The van der Waals surface area contributed by atoms with Crippen LogP contribution in [0, 0.1) is 11.3 Å². The molecule has 0 saturated carbocycles. The SMILES string of the molecule is CC1=NN(C(=O)CC#N)C(O)(C(F)(F)F)C1. The van der Waals surface area contributed by atoms with Crippen molar-refractivity contribution in [1.29, 1.82) is 5.26 Å². The van der Waals surface area contributed by atoms with E-state index in [1.807, 2.05) is 0 Å². The predicted molar refractivity (Wildman–Crippen MR) is 45.8 cm³/mol. The van der Waals surface area contributed by atoms with Crippen LogP contribution < -0.4 is 0 Å². The van der Waals surface area contributed by atoms with Crippen LogP contribution in [0.1, 0.15) is 19.8 Å². The minimum Gasteiger partial charge on any atom is -0.362 e. The van der Waals surface area contributed by atoms with Gasteiger partial charge in [0.25, 0.3) is 11.6 Å². The number of carbonyl (C=O) groups excluding carboxylic acids is 1. The first-order valence-electron chi connectivity index (χ1n) is 4.25. The summed E-state index contributed by atoms with van der Waals surface area (Å²) >= 11 is 0. The molecule has 16 heavy (non-hydrogen) atoms. The molecule has 0 aromatic rings. The molecule has 0 aromatic carbocycles. The van der Waals surface area contributed by atoms with Crippen LogP contribution in [-0.4, -0.2) is 33.6 Å². The van der Waals surface area contributed by atoms with E-state index in [2.05, 4.69) is 5.10 Å². The molecule has 0 aromatic heterocycles. The predicted octanol–water partition coefficient (Wildman–Crippen LogP) is 0.759. The van der Waals surface area contributed by atoms with Gasteiger partial charge in [0.1, 0.15) is 6.42 Å². The molecule has 88 valence electrons. The summed E-state index contributed by atoms with van der Waals surface area (Å²) in [5, 5.41) is 20.9. The lowest BCUT2D eigenvalue weighted by Crippen LogP contribution is -2.56. The maximum atomic E-state index is 12.6. The molecule has 5 nitrogen and oxygen atoms in total. The molecule has 0 radical (unpaired) electrons. The Hall–Kier alpha value is -1.62. The van der Waals surface area contributed by atoms with Gasteiger partial charge in [-0.15, -0.1) is 0 Å². The number of halogens is 3. The fraction of sp³-hybridized carbons (Fsp3) is 0.625. The van der Waals surface area contributed by atoms with E-state index in [1.165, 1.54) is 13.0 Å². The molecular formula is C8H8F3N3O2. The maximum Gasteiger partial charge on any atom is 0.438 e. The number of carbonyl (C=O) groups is 1. The van der Waals surface area contributed by atoms with Crippen molar-refractivity contribution in [3.63, 3.8) is 0 Å². The van der Waals surface area contributed by atoms with Crippen molar-refractivity contribution >= 4 is 11.6 Å². The first-order valence-corrected chi connectivity index (χ1v) is 4.25. The summed E-state index contributed by atoms with van der Waals surface area (Å²) in [5.74, 6) is -1.18. The fourth-order valence-corrected chi connectivity index (χ4v) is 1.35. The van der Waals surface area contributed by atoms with E-state index >= 15 is 0 Å². The van der Waals surface area contributed by atoms with Gasteiger partial charge in [-0.3, -0.25) is 4.79 Å². The Bertz CT molecular complexity index is 385. The molecule has 1 N–H and O–H groups in total. The van der Waals surface area contributed by atoms with Crippen molar-refractivity contribution in [1.82, 2.24) is 5.01 Å². The fourth-order valence-electron chi connectivity index (χ4n) is 1.35. The highest BCUT2D eigenvalue weighted by Gasteiger charge is 2.62. The van der Waals surface area contributed by atoms with Crippen molar-refractivity contribution < 1.29 is 23.1 Å². The lowest BCUT2D eigenvalue weighted by Gasteiger charge is -2.32. The number of hydrogen-bond donors (Lipinski definition) is 1. The molecule has 1 atom stereocenters. The molecular weight excluding hydrogens is 227 g/mol. The Balaban J connectivity index is 3.06. The Morgan fingerprint density at radius 1 is 1.75 bits per heavy atom. The number of hydrogen-bond acceptors (Lipinski definition) is 4. The van der Waals surface area contributed by atoms with Gasteiger partial charge in [0.15, 0.2) is 0 Å². The molecule has 0 bridgehead atoms. The third-order valence-electron chi connectivity index (χ3n) is 2.04. The van der Waals surface area contributed by atoms with Crippen molar-refractivity contribution in [2.24, 2.45) is 5.10 Å². The molecule has 8 heteroatoms. The molecule has 1 heterocycles. The molecule has 1 amide bonds. The summed E-state index contributed by atoms with van der Waals surface area (Å²) in [6, 6.07) is 1.41. The second-order valence-electron chi connectivity index (χ2n) is 3.37. The summed E-state index contributed by atoms with van der Waals surface area (Å²) < 4.78 is 37.7. The van der Waals surface area contributed by atoms with Gasteiger partial charge in [-0.2, -0.15) is 28.5 Å². The van der Waals surface area contributed by atoms with Crippen molar-refractivity contribution in [2.75, 3.05) is 0 Å². The van der Waals surface area contributed by atoms with E-state index in [4.69, 9.17) is 5.26 Å². The van der Waals surface area contributed by atoms with E-state index in [1.54, 1.807) is 0 Å². The number of rotatable bonds is 1. The van der Waals surface area contributed by atoms with Crippen LogP contribution >= 0.6 is 0 Å². The van der Waals surface area contributed by atoms with Crippen molar-refractivity contribution in [3.8, 4) is 6.07 Å². The Morgan fingerprint density at radius 2 is 2.31 bits per heavy atom. The van der Waals surface area contributed by atoms with Crippen molar-refractivity contribution in [2.45, 2.75) is 31.7 Å². The van der Waals surface area contributed by atoms with Crippen molar-refractivity contribution in [3.05, 3.63) is 0 Å². The van der Waals surface area contributed by atoms with Crippen LogP contribution in [0.25, 0.3) is 0 Å². The van der Waals surface area contributed by atoms with Gasteiger partial charge in [0.2, 0.25) is 0 Å². The van der Waals surface area contributed by atoms with Crippen LogP contribution in [0.4, 0.5) is 13.2 Å². The van der Waals surface area contributed by atoms with Crippen LogP contribution in [0.15, 0.2) is 5.10 Å². The molecule has 1 rings (SSSR count). The van der Waals surface area contributed by atoms with E-state index in [0.717, 1.165) is 0 Å². The van der Waals surface area contributed by atoms with Gasteiger partial charge >= 0.3 is 6.18 Å². The largest absolute Gasteiger partial charge is 0.438 e. The van der Waals surface area contributed by atoms with Crippen LogP contribution in [0.5, 0.6) is 0 Å². The summed E-state index contributed by atoms with van der Waals surface area (Å²) in [6.45, 7) is 1.26. The number of amides is 1. The van der Waals surface area contributed by atoms with Crippen LogP contribution in [0.2, 0.25) is 0 Å². The minimum absolute atomic E-state index is 0.0221. The third kappa shape index (κ3) is 1.86. The van der Waals surface area contributed by atoms with Crippen LogP contribution in [-0.2, 0) is 4.79 Å². The average Bonchev–Trinajstić information content (AvgIpc) is 2.42. The summed E-state index contributed by atoms with van der Waals surface area (Å²) in [4.78, 5) is 11.2. The summed E-state index contributed by atoms with van der Waals surface area (Å²) in [5.41, 5.74) is -3.35. The standard InChI is InChI=1S/C8H8F3N3O2/c1-5-4-7(16,8(9,10)11)14(13-5)6(15)2-3-12/h16H,2,4H2,1H3. The number of aliphatic hydroxyl groups is 1. The highest BCUT2D eigenvalue weighted by Crippen LogP contribution is 2.40. The number of nitriles is 1. The van der Waals surface area contributed by atoms with Gasteiger partial charge in [-0.25, -0.2) is 0 Å². The van der Waals surface area contributed by atoms with Gasteiger partial charge in [-0.05, 0) is 6.92 Å². The van der Waals surface area contributed by atoms with Crippen LogP contribution in [0.3, 0.4) is 0 Å². The lowest BCUT2D eigenvalue weighted by molar-refractivity contribution is -0.302. The zero-order valence-electron chi connectivity index (χ0n) is 8.25. The number of alkyl halides is 3. The molecule has 0 fully saturated rings. The van der Waals surface area contributed by atoms with E-state index in [9.17, 15) is 23.1 Å². The second kappa shape index (κ2) is 3.75. The summed E-state index contributed by atoms with van der Waals surface area (Å²) in [7, 11) is 0. The molecule has 0 spiro atoms. The third-order valence-corrected chi connectivity index (χ3v) is 2.04. The Labute approximate surface area is 88.8 Å². The molecule has 0 saturated heterocycles. The smallest absolute Gasteiger partial charge is 0.362 e. The first-order chi connectivity index (χ1) is 7.22. The highest BCUT2D eigenvalue weighted by atomic mass is 19.4. The number of nitrogens with zero attached hydrogens (tertiary/aromatic N) is 3. The van der Waals surface area contributed by atoms with Gasteiger partial charge in [0.05, 0.1) is 6.07 Å². The Morgan fingerprint density at radius 3 is 2.75 bits per heavy atom. The van der Waals surface area contributed by atoms with Gasteiger partial charge in [-0.1, -0.05) is 0 Å². The minimum atomic E-state index is -5.01. The molecule has 0 aliphatic carbocycles. The quantitative estimate of drug-likeness (QED) is 0.728. The van der Waals surface area contributed by atoms with Gasteiger partial charge in [0, 0.05) is 12.1 Å².